The van der Waals surface area contributed by atoms with Gasteiger partial charge in [-0.2, -0.15) is 5.10 Å². The first-order valence-electron chi connectivity index (χ1n) is 9.54. The molecule has 0 radical (unpaired) electrons. The fraction of sp³-hybridized carbons (Fsp3) is 0.400. The second kappa shape index (κ2) is 7.84. The summed E-state index contributed by atoms with van der Waals surface area (Å²) in [5.74, 6) is 2.53. The number of methoxy groups -OCH3 is 1. The average Bonchev–Trinajstić information content (AvgIpc) is 3.07. The fourth-order valence-electron chi connectivity index (χ4n) is 3.25. The van der Waals surface area contributed by atoms with Crippen LogP contribution in [-0.2, 0) is 4.79 Å². The van der Waals surface area contributed by atoms with Crippen LogP contribution >= 0.6 is 0 Å². The van der Waals surface area contributed by atoms with Gasteiger partial charge in [0, 0.05) is 19.0 Å². The van der Waals surface area contributed by atoms with E-state index in [0.29, 0.717) is 18.9 Å². The van der Waals surface area contributed by atoms with Gasteiger partial charge in [0.1, 0.15) is 17.4 Å². The van der Waals surface area contributed by atoms with Crippen LogP contribution in [0.1, 0.15) is 25.1 Å². The van der Waals surface area contributed by atoms with Crippen molar-refractivity contribution in [1.29, 1.82) is 0 Å². The minimum absolute atomic E-state index is 0.157. The molecule has 146 valence electrons. The monoisotopic (exact) mass is 380 g/mol. The molecule has 1 amide bonds. The highest BCUT2D eigenvalue weighted by Gasteiger charge is 2.24. The van der Waals surface area contributed by atoms with Gasteiger partial charge < -0.3 is 15.4 Å². The third kappa shape index (κ3) is 3.62. The quantitative estimate of drug-likeness (QED) is 0.612. The lowest BCUT2D eigenvalue weighted by molar-refractivity contribution is -0.127. The number of rotatable bonds is 7. The maximum Gasteiger partial charge on any atom is 0.223 e. The van der Waals surface area contributed by atoms with E-state index in [1.165, 1.54) is 0 Å². The molecule has 4 rings (SSSR count). The molecule has 2 N–H and O–H groups in total. The van der Waals surface area contributed by atoms with Crippen molar-refractivity contribution in [3.05, 3.63) is 36.3 Å². The molecular weight excluding hydrogens is 356 g/mol. The Kier molecular flexibility index (Phi) is 5.10. The number of nitrogens with zero attached hydrogens (tertiary/aromatic N) is 4. The van der Waals surface area contributed by atoms with Gasteiger partial charge in [-0.05, 0) is 44.0 Å². The second-order valence-electron chi connectivity index (χ2n) is 6.96. The van der Waals surface area contributed by atoms with E-state index in [9.17, 15) is 4.79 Å². The van der Waals surface area contributed by atoms with Gasteiger partial charge >= 0.3 is 0 Å². The standard InChI is InChI=1S/C20H24N6O2/c1-13-24-18(21-10-11-22-20(27)14-4-3-5-14)17-12-23-26(19(17)25-13)15-6-8-16(28-2)9-7-15/h6-9,12,14H,3-5,10-11H2,1-2H3,(H,22,27)(H,21,24,25). The molecule has 1 fully saturated rings. The van der Waals surface area contributed by atoms with E-state index in [1.54, 1.807) is 18.0 Å². The summed E-state index contributed by atoms with van der Waals surface area (Å²) in [4.78, 5) is 21.0. The largest absolute Gasteiger partial charge is 0.497 e. The number of hydrogen-bond acceptors (Lipinski definition) is 6. The highest BCUT2D eigenvalue weighted by Crippen LogP contribution is 2.26. The van der Waals surface area contributed by atoms with Crippen LogP contribution in [-0.4, -0.2) is 45.9 Å². The normalized spacial score (nSPS) is 13.9. The highest BCUT2D eigenvalue weighted by molar-refractivity contribution is 5.87. The third-order valence-electron chi connectivity index (χ3n) is 5.05. The van der Waals surface area contributed by atoms with Gasteiger partial charge in [-0.1, -0.05) is 6.42 Å². The second-order valence-corrected chi connectivity index (χ2v) is 6.96. The summed E-state index contributed by atoms with van der Waals surface area (Å²) in [6.07, 6.45) is 4.94. The molecule has 0 bridgehead atoms. The predicted molar refractivity (Wildman–Crippen MR) is 107 cm³/mol. The molecule has 0 aliphatic heterocycles. The summed E-state index contributed by atoms with van der Waals surface area (Å²) in [5, 5.41) is 11.6. The van der Waals surface area contributed by atoms with Crippen molar-refractivity contribution >= 4 is 22.8 Å². The van der Waals surface area contributed by atoms with Crippen LogP contribution < -0.4 is 15.4 Å². The summed E-state index contributed by atoms with van der Waals surface area (Å²) >= 11 is 0. The maximum atomic E-state index is 11.9. The number of benzene rings is 1. The third-order valence-corrected chi connectivity index (χ3v) is 5.05. The number of amides is 1. The van der Waals surface area contributed by atoms with Crippen molar-refractivity contribution in [3.8, 4) is 11.4 Å². The summed E-state index contributed by atoms with van der Waals surface area (Å²) in [5.41, 5.74) is 1.63. The van der Waals surface area contributed by atoms with Gasteiger partial charge in [0.05, 0.1) is 24.4 Å². The van der Waals surface area contributed by atoms with Gasteiger partial charge in [0.2, 0.25) is 5.91 Å². The lowest BCUT2D eigenvalue weighted by atomic mass is 9.85. The number of nitrogens with one attached hydrogen (secondary N) is 2. The Morgan fingerprint density at radius 2 is 2.00 bits per heavy atom. The van der Waals surface area contributed by atoms with Crippen LogP contribution in [0.4, 0.5) is 5.82 Å². The van der Waals surface area contributed by atoms with Crippen LogP contribution in [0.5, 0.6) is 5.75 Å². The van der Waals surface area contributed by atoms with Gasteiger partial charge in [0.15, 0.2) is 5.65 Å². The fourth-order valence-corrected chi connectivity index (χ4v) is 3.25. The summed E-state index contributed by atoms with van der Waals surface area (Å²) in [7, 11) is 1.64. The predicted octanol–water partition coefficient (Wildman–Crippen LogP) is 2.46. The molecule has 3 aromatic rings. The molecule has 8 heteroatoms. The van der Waals surface area contributed by atoms with E-state index in [4.69, 9.17) is 4.74 Å². The molecule has 1 aromatic carbocycles. The van der Waals surface area contributed by atoms with Crippen molar-refractivity contribution in [3.63, 3.8) is 0 Å². The molecule has 1 aliphatic carbocycles. The van der Waals surface area contributed by atoms with Crippen LogP contribution in [0.2, 0.25) is 0 Å². The van der Waals surface area contributed by atoms with Crippen molar-refractivity contribution in [1.82, 2.24) is 25.1 Å². The average molecular weight is 380 g/mol. The van der Waals surface area contributed by atoms with E-state index in [0.717, 1.165) is 47.6 Å². The Morgan fingerprint density at radius 3 is 2.68 bits per heavy atom. The number of aryl methyl sites for hydroxylation is 1. The van der Waals surface area contributed by atoms with E-state index in [-0.39, 0.29) is 11.8 Å². The zero-order valence-corrected chi connectivity index (χ0v) is 16.1. The van der Waals surface area contributed by atoms with Gasteiger partial charge in [0.25, 0.3) is 0 Å². The molecule has 8 nitrogen and oxygen atoms in total. The number of aromatic nitrogens is 4. The lowest BCUT2D eigenvalue weighted by Crippen LogP contribution is -2.36. The first kappa shape index (κ1) is 18.2. The number of anilines is 1. The zero-order chi connectivity index (χ0) is 19.5. The number of carbonyl (C=O) groups is 1. The number of ether oxygens (including phenoxy) is 1. The Balaban J connectivity index is 1.49. The molecule has 2 heterocycles. The summed E-state index contributed by atoms with van der Waals surface area (Å²) < 4.78 is 7.00. The maximum absolute atomic E-state index is 11.9. The van der Waals surface area contributed by atoms with Crippen LogP contribution in [0.25, 0.3) is 16.7 Å². The van der Waals surface area contributed by atoms with Crippen molar-refractivity contribution in [2.75, 3.05) is 25.5 Å². The Labute approximate surface area is 163 Å². The van der Waals surface area contributed by atoms with Crippen molar-refractivity contribution in [2.45, 2.75) is 26.2 Å². The molecule has 1 saturated carbocycles. The Bertz CT molecular complexity index is 978. The topological polar surface area (TPSA) is 94.0 Å². The lowest BCUT2D eigenvalue weighted by Gasteiger charge is -2.24. The van der Waals surface area contributed by atoms with Crippen molar-refractivity contribution in [2.24, 2.45) is 5.92 Å². The highest BCUT2D eigenvalue weighted by atomic mass is 16.5. The molecule has 0 spiro atoms. The molecule has 28 heavy (non-hydrogen) atoms. The molecular formula is C20H24N6O2. The smallest absolute Gasteiger partial charge is 0.223 e. The molecule has 0 saturated heterocycles. The minimum atomic E-state index is 0.157. The molecule has 0 unspecified atom stereocenters. The van der Waals surface area contributed by atoms with Gasteiger partial charge in [-0.3, -0.25) is 4.79 Å². The first-order chi connectivity index (χ1) is 13.7. The number of fused-ring (bicyclic) bond motifs is 1. The van der Waals surface area contributed by atoms with E-state index < -0.39 is 0 Å². The van der Waals surface area contributed by atoms with Crippen LogP contribution in [0, 0.1) is 12.8 Å². The van der Waals surface area contributed by atoms with E-state index in [2.05, 4.69) is 25.7 Å². The van der Waals surface area contributed by atoms with Crippen LogP contribution in [0.15, 0.2) is 30.5 Å². The molecule has 0 atom stereocenters. The molecule has 2 aromatic heterocycles. The summed E-state index contributed by atoms with van der Waals surface area (Å²) in [6.45, 7) is 3.01. The van der Waals surface area contributed by atoms with Crippen LogP contribution in [0.3, 0.4) is 0 Å². The van der Waals surface area contributed by atoms with Crippen molar-refractivity contribution < 1.29 is 9.53 Å². The van der Waals surface area contributed by atoms with E-state index >= 15 is 0 Å². The van der Waals surface area contributed by atoms with Gasteiger partial charge in [-0.25, -0.2) is 14.6 Å². The number of hydrogen-bond donors (Lipinski definition) is 2. The molecule has 1 aliphatic rings. The summed E-state index contributed by atoms with van der Waals surface area (Å²) in [6, 6.07) is 7.65. The first-order valence-corrected chi connectivity index (χ1v) is 9.54. The Hall–Kier alpha value is -3.16. The Morgan fingerprint density at radius 1 is 1.21 bits per heavy atom. The number of carbonyl (C=O) groups excluding carboxylic acids is 1. The minimum Gasteiger partial charge on any atom is -0.497 e. The van der Waals surface area contributed by atoms with Gasteiger partial charge in [-0.15, -0.1) is 0 Å². The zero-order valence-electron chi connectivity index (χ0n) is 16.1. The van der Waals surface area contributed by atoms with E-state index in [1.807, 2.05) is 31.2 Å². The SMILES string of the molecule is COc1ccc(-n2ncc3c(NCCNC(=O)C4CCC4)nc(C)nc32)cc1.